The Bertz CT molecular complexity index is 1020. The summed E-state index contributed by atoms with van der Waals surface area (Å²) < 4.78 is 26.4. The normalized spacial score (nSPS) is 29.9. The molecule has 0 bridgehead atoms. The first-order valence-electron chi connectivity index (χ1n) is 10.6. The van der Waals surface area contributed by atoms with Crippen molar-refractivity contribution in [3.05, 3.63) is 99.4 Å². The first-order chi connectivity index (χ1) is 15.7. The number of ether oxygens (including phenoxy) is 4. The summed E-state index contributed by atoms with van der Waals surface area (Å²) in [6.07, 6.45) is 1.39. The number of aromatic nitrogens is 1. The van der Waals surface area contributed by atoms with Gasteiger partial charge in [0.15, 0.2) is 12.6 Å². The summed E-state index contributed by atoms with van der Waals surface area (Å²) in [6, 6.07) is 21.6. The smallest absolute Gasteiger partial charge is 0.184 e. The standard InChI is InChI=1S/C25H24INO5/c26-19-14-27-12-11-18(19)13-20-22-23(32-24(29-20)16-7-3-1-4-8-16)21(15-28)30-25(31-22)17-9-5-2-6-10-17/h1-12,14,20-25,28H,13,15H2. The molecule has 5 rings (SSSR count). The van der Waals surface area contributed by atoms with Gasteiger partial charge in [0.1, 0.15) is 18.3 Å². The minimum Gasteiger partial charge on any atom is -0.394 e. The van der Waals surface area contributed by atoms with Crippen molar-refractivity contribution in [2.45, 2.75) is 43.4 Å². The number of pyridine rings is 1. The van der Waals surface area contributed by atoms with Crippen LogP contribution in [0.5, 0.6) is 0 Å². The molecule has 1 N–H and O–H groups in total. The van der Waals surface area contributed by atoms with E-state index in [-0.39, 0.29) is 12.7 Å². The van der Waals surface area contributed by atoms with E-state index < -0.39 is 30.9 Å². The van der Waals surface area contributed by atoms with Gasteiger partial charge in [-0.1, -0.05) is 60.7 Å². The van der Waals surface area contributed by atoms with E-state index in [1.165, 1.54) is 0 Å². The average molecular weight is 545 g/mol. The molecular formula is C25H24INO5. The highest BCUT2D eigenvalue weighted by molar-refractivity contribution is 14.1. The van der Waals surface area contributed by atoms with Gasteiger partial charge in [0.25, 0.3) is 0 Å². The Balaban J connectivity index is 1.48. The Morgan fingerprint density at radius 1 is 0.750 bits per heavy atom. The zero-order valence-electron chi connectivity index (χ0n) is 17.3. The maximum Gasteiger partial charge on any atom is 0.184 e. The molecular weight excluding hydrogens is 521 g/mol. The van der Waals surface area contributed by atoms with E-state index in [1.807, 2.05) is 72.9 Å². The van der Waals surface area contributed by atoms with Crippen molar-refractivity contribution in [1.29, 1.82) is 0 Å². The molecule has 2 fully saturated rings. The van der Waals surface area contributed by atoms with Gasteiger partial charge in [-0.05, 0) is 34.2 Å². The summed E-state index contributed by atoms with van der Waals surface area (Å²) >= 11 is 2.29. The second kappa shape index (κ2) is 9.94. The summed E-state index contributed by atoms with van der Waals surface area (Å²) in [5.74, 6) is 0. The van der Waals surface area contributed by atoms with Gasteiger partial charge in [-0.15, -0.1) is 0 Å². The van der Waals surface area contributed by atoms with Crippen LogP contribution in [-0.4, -0.2) is 41.1 Å². The number of aliphatic hydroxyl groups excluding tert-OH is 1. The van der Waals surface area contributed by atoms with Crippen LogP contribution in [0.2, 0.25) is 0 Å². The van der Waals surface area contributed by atoms with Crippen LogP contribution in [0.3, 0.4) is 0 Å². The highest BCUT2D eigenvalue weighted by atomic mass is 127. The van der Waals surface area contributed by atoms with Crippen molar-refractivity contribution in [3.63, 3.8) is 0 Å². The first kappa shape index (κ1) is 21.9. The molecule has 6 unspecified atom stereocenters. The Kier molecular flexibility index (Phi) is 6.82. The lowest BCUT2D eigenvalue weighted by Gasteiger charge is -2.49. The molecule has 6 atom stereocenters. The van der Waals surface area contributed by atoms with Gasteiger partial charge < -0.3 is 24.1 Å². The average Bonchev–Trinajstić information content (AvgIpc) is 2.86. The first-order valence-corrected chi connectivity index (χ1v) is 11.7. The van der Waals surface area contributed by atoms with Crippen LogP contribution in [0.1, 0.15) is 29.3 Å². The second-order valence-electron chi connectivity index (χ2n) is 7.89. The molecule has 2 aromatic carbocycles. The zero-order chi connectivity index (χ0) is 21.9. The largest absolute Gasteiger partial charge is 0.394 e. The lowest BCUT2D eigenvalue weighted by Crippen LogP contribution is -2.59. The molecule has 7 heteroatoms. The minimum absolute atomic E-state index is 0.172. The van der Waals surface area contributed by atoms with Crippen LogP contribution in [0.15, 0.2) is 79.1 Å². The quantitative estimate of drug-likeness (QED) is 0.486. The van der Waals surface area contributed by atoms with Gasteiger partial charge in [-0.3, -0.25) is 4.98 Å². The van der Waals surface area contributed by atoms with Crippen LogP contribution >= 0.6 is 22.6 Å². The number of aliphatic hydroxyl groups is 1. The van der Waals surface area contributed by atoms with E-state index in [1.54, 1.807) is 6.20 Å². The molecule has 166 valence electrons. The van der Waals surface area contributed by atoms with Crippen molar-refractivity contribution in [2.75, 3.05) is 6.61 Å². The lowest BCUT2D eigenvalue weighted by atomic mass is 9.94. The van der Waals surface area contributed by atoms with Crippen molar-refractivity contribution in [3.8, 4) is 0 Å². The SMILES string of the molecule is OCC1OC(c2ccccc2)OC2C(Cc3ccncc3I)OC(c3ccccc3)OC12. The highest BCUT2D eigenvalue weighted by Crippen LogP contribution is 2.41. The molecule has 0 radical (unpaired) electrons. The van der Waals surface area contributed by atoms with Crippen LogP contribution in [0.25, 0.3) is 0 Å². The molecule has 3 aromatic rings. The van der Waals surface area contributed by atoms with Gasteiger partial charge in [0.05, 0.1) is 12.7 Å². The van der Waals surface area contributed by atoms with Crippen LogP contribution in [0, 0.1) is 3.57 Å². The molecule has 2 aliphatic heterocycles. The number of halogens is 1. The fourth-order valence-corrected chi connectivity index (χ4v) is 4.77. The van der Waals surface area contributed by atoms with Crippen LogP contribution in [0.4, 0.5) is 0 Å². The fourth-order valence-electron chi connectivity index (χ4n) is 4.21. The van der Waals surface area contributed by atoms with E-state index in [0.29, 0.717) is 6.42 Å². The van der Waals surface area contributed by atoms with E-state index in [2.05, 4.69) is 27.6 Å². The summed E-state index contributed by atoms with van der Waals surface area (Å²) in [5.41, 5.74) is 2.94. The van der Waals surface area contributed by atoms with E-state index in [9.17, 15) is 5.11 Å². The van der Waals surface area contributed by atoms with Gasteiger partial charge >= 0.3 is 0 Å². The number of hydrogen-bond donors (Lipinski definition) is 1. The summed E-state index contributed by atoms with van der Waals surface area (Å²) in [4.78, 5) is 4.20. The van der Waals surface area contributed by atoms with Gasteiger partial charge in [-0.2, -0.15) is 0 Å². The highest BCUT2D eigenvalue weighted by Gasteiger charge is 2.50. The maximum atomic E-state index is 10.2. The Morgan fingerprint density at radius 2 is 1.31 bits per heavy atom. The van der Waals surface area contributed by atoms with E-state index in [0.717, 1.165) is 20.3 Å². The molecule has 6 nitrogen and oxygen atoms in total. The number of rotatable bonds is 5. The Morgan fingerprint density at radius 3 is 1.88 bits per heavy atom. The molecule has 2 saturated heterocycles. The molecule has 0 amide bonds. The molecule has 2 aliphatic rings. The molecule has 0 saturated carbocycles. The summed E-state index contributed by atoms with van der Waals surface area (Å²) in [5, 5.41) is 10.2. The van der Waals surface area contributed by atoms with Crippen molar-refractivity contribution < 1.29 is 24.1 Å². The van der Waals surface area contributed by atoms with Crippen molar-refractivity contribution in [1.82, 2.24) is 4.98 Å². The minimum atomic E-state index is -0.603. The summed E-state index contributed by atoms with van der Waals surface area (Å²) in [7, 11) is 0. The predicted octanol–water partition coefficient (Wildman–Crippen LogP) is 4.19. The van der Waals surface area contributed by atoms with Crippen LogP contribution < -0.4 is 0 Å². The van der Waals surface area contributed by atoms with Gasteiger partial charge in [-0.25, -0.2) is 0 Å². The monoisotopic (exact) mass is 545 g/mol. The molecule has 3 heterocycles. The third-order valence-corrected chi connectivity index (χ3v) is 6.79. The van der Waals surface area contributed by atoms with Crippen LogP contribution in [-0.2, 0) is 25.4 Å². The molecule has 1 aromatic heterocycles. The van der Waals surface area contributed by atoms with Crippen molar-refractivity contribution in [2.24, 2.45) is 0 Å². The lowest BCUT2D eigenvalue weighted by molar-refractivity contribution is -0.384. The molecule has 32 heavy (non-hydrogen) atoms. The second-order valence-corrected chi connectivity index (χ2v) is 9.05. The predicted molar refractivity (Wildman–Crippen MR) is 126 cm³/mol. The van der Waals surface area contributed by atoms with Gasteiger partial charge in [0.2, 0.25) is 0 Å². The zero-order valence-corrected chi connectivity index (χ0v) is 19.4. The van der Waals surface area contributed by atoms with Crippen molar-refractivity contribution >= 4 is 22.6 Å². The third kappa shape index (κ3) is 4.59. The fraction of sp³-hybridized carbons (Fsp3) is 0.320. The number of nitrogens with zero attached hydrogens (tertiary/aromatic N) is 1. The molecule has 0 spiro atoms. The topological polar surface area (TPSA) is 70.0 Å². The summed E-state index contributed by atoms with van der Waals surface area (Å²) in [6.45, 7) is -0.172. The van der Waals surface area contributed by atoms with Gasteiger partial charge in [0, 0.05) is 33.5 Å². The molecule has 0 aliphatic carbocycles. The number of fused-ring (bicyclic) bond motifs is 1. The van der Waals surface area contributed by atoms with E-state index in [4.69, 9.17) is 18.9 Å². The van der Waals surface area contributed by atoms with E-state index >= 15 is 0 Å². The number of benzene rings is 2. The number of hydrogen-bond acceptors (Lipinski definition) is 6. The maximum absolute atomic E-state index is 10.2. The Hall–Kier alpha value is -1.88. The Labute approximate surface area is 200 Å². The third-order valence-electron chi connectivity index (χ3n) is 5.82.